The van der Waals surface area contributed by atoms with Crippen molar-refractivity contribution in [1.29, 1.82) is 0 Å². The van der Waals surface area contributed by atoms with Crippen molar-refractivity contribution >= 4 is 17.3 Å². The molecule has 1 aliphatic carbocycles. The zero-order chi connectivity index (χ0) is 15.5. The summed E-state index contributed by atoms with van der Waals surface area (Å²) in [4.78, 5) is 19.1. The van der Waals surface area contributed by atoms with Crippen molar-refractivity contribution in [3.05, 3.63) is 16.4 Å². The molecule has 1 fully saturated rings. The van der Waals surface area contributed by atoms with E-state index in [0.717, 1.165) is 25.7 Å². The third-order valence-electron chi connectivity index (χ3n) is 4.12. The highest BCUT2D eigenvalue weighted by Gasteiger charge is 2.36. The number of rotatable bonds is 6. The molecule has 7 nitrogen and oxygen atoms in total. The van der Waals surface area contributed by atoms with E-state index in [1.807, 2.05) is 6.92 Å². The smallest absolute Gasteiger partial charge is 0.353 e. The van der Waals surface area contributed by atoms with Gasteiger partial charge in [-0.05, 0) is 24.7 Å². The Morgan fingerprint density at radius 2 is 2.14 bits per heavy atom. The van der Waals surface area contributed by atoms with Crippen LogP contribution in [0.2, 0.25) is 0 Å². The molecule has 1 aromatic heterocycles. The third-order valence-corrected chi connectivity index (χ3v) is 4.12. The van der Waals surface area contributed by atoms with E-state index in [9.17, 15) is 10.1 Å². The summed E-state index contributed by atoms with van der Waals surface area (Å²) >= 11 is 0. The molecule has 116 valence electrons. The molecular formula is C14H23N5O2. The minimum atomic E-state index is -0.414. The van der Waals surface area contributed by atoms with Crippen molar-refractivity contribution in [2.45, 2.75) is 52.5 Å². The summed E-state index contributed by atoms with van der Waals surface area (Å²) in [5, 5.41) is 17.6. The van der Waals surface area contributed by atoms with E-state index in [2.05, 4.69) is 34.4 Å². The van der Waals surface area contributed by atoms with Crippen molar-refractivity contribution in [2.24, 2.45) is 5.41 Å². The van der Waals surface area contributed by atoms with Gasteiger partial charge in [0.15, 0.2) is 0 Å². The summed E-state index contributed by atoms with van der Waals surface area (Å²) in [6, 6.07) is 0.199. The van der Waals surface area contributed by atoms with Crippen molar-refractivity contribution in [1.82, 2.24) is 9.97 Å². The lowest BCUT2D eigenvalue weighted by Crippen LogP contribution is -2.31. The first-order chi connectivity index (χ1) is 9.95. The van der Waals surface area contributed by atoms with Gasteiger partial charge >= 0.3 is 5.69 Å². The number of hydrogen-bond donors (Lipinski definition) is 2. The lowest BCUT2D eigenvalue weighted by molar-refractivity contribution is -0.383. The van der Waals surface area contributed by atoms with Gasteiger partial charge in [-0.1, -0.05) is 27.2 Å². The van der Waals surface area contributed by atoms with Gasteiger partial charge in [0.1, 0.15) is 6.33 Å². The predicted molar refractivity (Wildman–Crippen MR) is 82.5 cm³/mol. The second-order valence-corrected chi connectivity index (χ2v) is 6.18. The second kappa shape index (κ2) is 6.24. The average Bonchev–Trinajstić information content (AvgIpc) is 2.75. The molecule has 1 unspecified atom stereocenters. The molecule has 2 rings (SSSR count). The third kappa shape index (κ3) is 3.40. The molecule has 1 saturated carbocycles. The zero-order valence-electron chi connectivity index (χ0n) is 12.8. The van der Waals surface area contributed by atoms with Crippen molar-refractivity contribution in [3.63, 3.8) is 0 Å². The fraction of sp³-hybridized carbons (Fsp3) is 0.714. The van der Waals surface area contributed by atoms with Gasteiger partial charge in [0, 0.05) is 12.6 Å². The van der Waals surface area contributed by atoms with Crippen LogP contribution in [0, 0.1) is 15.5 Å². The van der Waals surface area contributed by atoms with E-state index >= 15 is 0 Å². The van der Waals surface area contributed by atoms with E-state index in [4.69, 9.17) is 0 Å². The van der Waals surface area contributed by atoms with Crippen LogP contribution in [0.1, 0.15) is 46.5 Å². The van der Waals surface area contributed by atoms with Crippen molar-refractivity contribution < 1.29 is 4.92 Å². The summed E-state index contributed by atoms with van der Waals surface area (Å²) in [6.45, 7) is 7.01. The molecule has 0 spiro atoms. The van der Waals surface area contributed by atoms with Gasteiger partial charge in [0.2, 0.25) is 11.6 Å². The molecule has 1 aliphatic rings. The molecule has 0 aliphatic heterocycles. The number of anilines is 2. The number of aromatic nitrogens is 2. The van der Waals surface area contributed by atoms with Crippen LogP contribution in [-0.2, 0) is 0 Å². The SMILES string of the molecule is CCCNc1ncnc(NC2CCCC2(C)C)c1[N+](=O)[O-]. The maximum absolute atomic E-state index is 11.4. The number of nitrogens with zero attached hydrogens (tertiary/aromatic N) is 3. The van der Waals surface area contributed by atoms with Crippen LogP contribution in [0.15, 0.2) is 6.33 Å². The van der Waals surface area contributed by atoms with Crippen LogP contribution in [0.4, 0.5) is 17.3 Å². The fourth-order valence-corrected chi connectivity index (χ4v) is 2.79. The maximum atomic E-state index is 11.4. The highest BCUT2D eigenvalue weighted by Crippen LogP contribution is 2.40. The molecular weight excluding hydrogens is 270 g/mol. The van der Waals surface area contributed by atoms with Gasteiger partial charge in [-0.2, -0.15) is 0 Å². The maximum Gasteiger partial charge on any atom is 0.353 e. The topological polar surface area (TPSA) is 93.0 Å². The molecule has 0 aromatic carbocycles. The second-order valence-electron chi connectivity index (χ2n) is 6.18. The first-order valence-electron chi connectivity index (χ1n) is 7.45. The van der Waals surface area contributed by atoms with Crippen LogP contribution >= 0.6 is 0 Å². The van der Waals surface area contributed by atoms with Crippen LogP contribution in [-0.4, -0.2) is 27.5 Å². The highest BCUT2D eigenvalue weighted by atomic mass is 16.6. The molecule has 2 N–H and O–H groups in total. The Morgan fingerprint density at radius 1 is 1.43 bits per heavy atom. The van der Waals surface area contributed by atoms with Crippen molar-refractivity contribution in [2.75, 3.05) is 17.2 Å². The number of nitro groups is 1. The highest BCUT2D eigenvalue weighted by molar-refractivity contribution is 5.69. The average molecular weight is 293 g/mol. The molecule has 1 atom stereocenters. The van der Waals surface area contributed by atoms with Gasteiger partial charge in [0.25, 0.3) is 0 Å². The van der Waals surface area contributed by atoms with E-state index in [-0.39, 0.29) is 23.0 Å². The van der Waals surface area contributed by atoms with Gasteiger partial charge in [-0.25, -0.2) is 9.97 Å². The Bertz CT molecular complexity index is 518. The van der Waals surface area contributed by atoms with E-state index in [1.165, 1.54) is 6.33 Å². The Hall–Kier alpha value is -1.92. The Labute approximate surface area is 124 Å². The van der Waals surface area contributed by atoms with Gasteiger partial charge in [-0.3, -0.25) is 10.1 Å². The quantitative estimate of drug-likeness (QED) is 0.618. The summed E-state index contributed by atoms with van der Waals surface area (Å²) < 4.78 is 0. The summed E-state index contributed by atoms with van der Waals surface area (Å²) in [6.07, 6.45) is 5.50. The van der Waals surface area contributed by atoms with Gasteiger partial charge in [0.05, 0.1) is 4.92 Å². The lowest BCUT2D eigenvalue weighted by Gasteiger charge is -2.28. The summed E-state index contributed by atoms with van der Waals surface area (Å²) in [5.74, 6) is 0.601. The van der Waals surface area contributed by atoms with Crippen molar-refractivity contribution in [3.8, 4) is 0 Å². The van der Waals surface area contributed by atoms with E-state index in [1.54, 1.807) is 0 Å². The first-order valence-corrected chi connectivity index (χ1v) is 7.45. The monoisotopic (exact) mass is 293 g/mol. The Morgan fingerprint density at radius 3 is 2.71 bits per heavy atom. The number of nitrogens with one attached hydrogen (secondary N) is 2. The predicted octanol–water partition coefficient (Wildman–Crippen LogP) is 3.20. The first kappa shape index (κ1) is 15.5. The molecule has 1 aromatic rings. The summed E-state index contributed by atoms with van der Waals surface area (Å²) in [5.41, 5.74) is 0.0594. The summed E-state index contributed by atoms with van der Waals surface area (Å²) in [7, 11) is 0. The normalized spacial score (nSPS) is 20.2. The Kier molecular flexibility index (Phi) is 4.59. The molecule has 7 heteroatoms. The van der Waals surface area contributed by atoms with E-state index < -0.39 is 4.92 Å². The Balaban J connectivity index is 2.28. The molecule has 0 amide bonds. The van der Waals surface area contributed by atoms with Gasteiger partial charge in [-0.15, -0.1) is 0 Å². The van der Waals surface area contributed by atoms with Gasteiger partial charge < -0.3 is 10.6 Å². The lowest BCUT2D eigenvalue weighted by atomic mass is 9.87. The molecule has 0 bridgehead atoms. The van der Waals surface area contributed by atoms with Crippen LogP contribution in [0.3, 0.4) is 0 Å². The number of hydrogen-bond acceptors (Lipinski definition) is 6. The molecule has 21 heavy (non-hydrogen) atoms. The van der Waals surface area contributed by atoms with E-state index in [0.29, 0.717) is 12.4 Å². The van der Waals surface area contributed by atoms with Crippen LogP contribution in [0.25, 0.3) is 0 Å². The molecule has 0 saturated heterocycles. The minimum absolute atomic E-state index is 0.0614. The standard InChI is InChI=1S/C14H23N5O2/c1-4-8-15-12-11(19(20)21)13(17-9-16-12)18-10-6-5-7-14(10,2)3/h9-10H,4-8H2,1-3H3,(H2,15,16,17,18). The fourth-order valence-electron chi connectivity index (χ4n) is 2.79. The molecule has 1 heterocycles. The zero-order valence-corrected chi connectivity index (χ0v) is 12.8. The van der Waals surface area contributed by atoms with Crippen LogP contribution < -0.4 is 10.6 Å². The molecule has 0 radical (unpaired) electrons. The van der Waals surface area contributed by atoms with Crippen LogP contribution in [0.5, 0.6) is 0 Å². The largest absolute Gasteiger partial charge is 0.364 e. The minimum Gasteiger partial charge on any atom is -0.364 e.